The molecule has 2 N–H and O–H groups in total. The maximum absolute atomic E-state index is 5.27. The quantitative estimate of drug-likeness (QED) is 0.439. The van der Waals surface area contributed by atoms with Gasteiger partial charge in [-0.05, 0) is 60.5 Å². The molecule has 0 amide bonds. The fourth-order valence-corrected chi connectivity index (χ4v) is 2.64. The number of nitrogens with zero attached hydrogens (tertiary/aromatic N) is 2. The molecule has 0 spiro atoms. The van der Waals surface area contributed by atoms with Crippen LogP contribution in [0.5, 0.6) is 0 Å². The van der Waals surface area contributed by atoms with Crippen molar-refractivity contribution in [2.24, 2.45) is 5.10 Å². The van der Waals surface area contributed by atoms with Gasteiger partial charge >= 0.3 is 0 Å². The molecule has 0 aromatic heterocycles. The van der Waals surface area contributed by atoms with Crippen molar-refractivity contribution in [2.75, 3.05) is 23.8 Å². The highest BCUT2D eigenvalue weighted by Crippen LogP contribution is 2.13. The molecule has 0 aliphatic rings. The lowest BCUT2D eigenvalue weighted by Gasteiger charge is -2.18. The van der Waals surface area contributed by atoms with Crippen molar-refractivity contribution >= 4 is 34.9 Å². The van der Waals surface area contributed by atoms with Gasteiger partial charge in [-0.3, -0.25) is 5.43 Å². The molecule has 132 valence electrons. The molecule has 4 nitrogen and oxygen atoms in total. The smallest absolute Gasteiger partial charge is 0.191 e. The summed E-state index contributed by atoms with van der Waals surface area (Å²) in [6, 6.07) is 16.5. The minimum Gasteiger partial charge on any atom is -0.375 e. The Morgan fingerprint density at radius 1 is 1.16 bits per heavy atom. The number of nitrogens with one attached hydrogen (secondary N) is 2. The van der Waals surface area contributed by atoms with E-state index in [0.29, 0.717) is 5.11 Å². The predicted molar refractivity (Wildman–Crippen MR) is 113 cm³/mol. The van der Waals surface area contributed by atoms with Crippen LogP contribution in [-0.4, -0.2) is 24.9 Å². The summed E-state index contributed by atoms with van der Waals surface area (Å²) in [4.78, 5) is 2.24. The van der Waals surface area contributed by atoms with E-state index in [-0.39, 0.29) is 0 Å². The lowest BCUT2D eigenvalue weighted by molar-refractivity contribution is 0.852. The molecule has 2 aromatic rings. The van der Waals surface area contributed by atoms with Crippen LogP contribution in [0.25, 0.3) is 0 Å². The Morgan fingerprint density at radius 3 is 2.60 bits per heavy atom. The van der Waals surface area contributed by atoms with Gasteiger partial charge in [0, 0.05) is 25.0 Å². The Bertz CT molecular complexity index is 710. The van der Waals surface area contributed by atoms with Crippen LogP contribution in [0.1, 0.15) is 31.4 Å². The number of rotatable bonds is 7. The Morgan fingerprint density at radius 2 is 1.92 bits per heavy atom. The fourth-order valence-electron chi connectivity index (χ4n) is 2.47. The van der Waals surface area contributed by atoms with Crippen LogP contribution in [0.3, 0.4) is 0 Å². The van der Waals surface area contributed by atoms with Gasteiger partial charge in [-0.2, -0.15) is 5.10 Å². The molecule has 0 aliphatic heterocycles. The molecule has 0 bridgehead atoms. The van der Waals surface area contributed by atoms with E-state index in [0.717, 1.165) is 30.6 Å². The molecule has 0 saturated carbocycles. The van der Waals surface area contributed by atoms with Crippen molar-refractivity contribution in [3.8, 4) is 0 Å². The number of hydrazone groups is 1. The SMILES string of the molecule is CCCN(C)c1ccc(/C=N/NC(=S)Nc2cccc(CC)c2)cc1. The average molecular weight is 355 g/mol. The highest BCUT2D eigenvalue weighted by molar-refractivity contribution is 7.80. The third-order valence-corrected chi connectivity index (χ3v) is 4.06. The lowest BCUT2D eigenvalue weighted by Crippen LogP contribution is -2.23. The standard InChI is InChI=1S/C20H26N4S/c1-4-13-24(3)19-11-9-17(10-12-19)15-21-23-20(25)22-18-8-6-7-16(5-2)14-18/h6-12,14-15H,4-5,13H2,1-3H3,(H2,22,23,25)/b21-15+. The second-order valence-electron chi connectivity index (χ2n) is 5.89. The van der Waals surface area contributed by atoms with E-state index in [1.807, 2.05) is 24.3 Å². The topological polar surface area (TPSA) is 39.7 Å². The second-order valence-corrected chi connectivity index (χ2v) is 6.30. The zero-order chi connectivity index (χ0) is 18.1. The number of anilines is 2. The van der Waals surface area contributed by atoms with Crippen LogP contribution >= 0.6 is 12.2 Å². The van der Waals surface area contributed by atoms with Crippen molar-refractivity contribution in [1.82, 2.24) is 5.43 Å². The summed E-state index contributed by atoms with van der Waals surface area (Å²) >= 11 is 5.27. The molecule has 2 rings (SSSR count). The molecular formula is C20H26N4S. The minimum absolute atomic E-state index is 0.476. The van der Waals surface area contributed by atoms with Gasteiger partial charge in [0.25, 0.3) is 0 Å². The molecule has 5 heteroatoms. The molecule has 2 aromatic carbocycles. The van der Waals surface area contributed by atoms with Gasteiger partial charge in [0.1, 0.15) is 0 Å². The largest absolute Gasteiger partial charge is 0.375 e. The Kier molecular flexibility index (Phi) is 7.41. The molecule has 0 heterocycles. The van der Waals surface area contributed by atoms with E-state index >= 15 is 0 Å². The van der Waals surface area contributed by atoms with Crippen LogP contribution < -0.4 is 15.6 Å². The van der Waals surface area contributed by atoms with Gasteiger partial charge in [0.15, 0.2) is 5.11 Å². The summed E-state index contributed by atoms with van der Waals surface area (Å²) in [6.07, 6.45) is 3.90. The van der Waals surface area contributed by atoms with Crippen molar-refractivity contribution in [3.05, 3.63) is 59.7 Å². The summed E-state index contributed by atoms with van der Waals surface area (Å²) in [6.45, 7) is 5.36. The van der Waals surface area contributed by atoms with Crippen LogP contribution in [0.2, 0.25) is 0 Å². The Labute approximate surface area is 155 Å². The van der Waals surface area contributed by atoms with Crippen molar-refractivity contribution in [3.63, 3.8) is 0 Å². The Balaban J connectivity index is 1.86. The number of hydrogen-bond acceptors (Lipinski definition) is 3. The molecule has 0 fully saturated rings. The van der Waals surface area contributed by atoms with Crippen molar-refractivity contribution in [1.29, 1.82) is 0 Å². The van der Waals surface area contributed by atoms with E-state index in [2.05, 4.69) is 65.9 Å². The predicted octanol–water partition coefficient (Wildman–Crippen LogP) is 4.42. The number of aryl methyl sites for hydroxylation is 1. The summed E-state index contributed by atoms with van der Waals surface area (Å²) in [5.74, 6) is 0. The average Bonchev–Trinajstić information content (AvgIpc) is 2.62. The first kappa shape index (κ1) is 18.9. The molecule has 0 aliphatic carbocycles. The van der Waals surface area contributed by atoms with Gasteiger partial charge in [-0.25, -0.2) is 0 Å². The van der Waals surface area contributed by atoms with E-state index in [9.17, 15) is 0 Å². The Hall–Kier alpha value is -2.40. The summed E-state index contributed by atoms with van der Waals surface area (Å²) in [5, 5.41) is 7.82. The van der Waals surface area contributed by atoms with E-state index in [1.165, 1.54) is 11.3 Å². The molecule has 0 unspecified atom stereocenters. The first-order chi connectivity index (χ1) is 12.1. The van der Waals surface area contributed by atoms with Crippen molar-refractivity contribution < 1.29 is 0 Å². The van der Waals surface area contributed by atoms with E-state index in [1.54, 1.807) is 6.21 Å². The zero-order valence-corrected chi connectivity index (χ0v) is 15.9. The lowest BCUT2D eigenvalue weighted by atomic mass is 10.1. The van der Waals surface area contributed by atoms with Crippen molar-refractivity contribution in [2.45, 2.75) is 26.7 Å². The number of hydrogen-bond donors (Lipinski definition) is 2. The third-order valence-electron chi connectivity index (χ3n) is 3.87. The third kappa shape index (κ3) is 6.19. The highest BCUT2D eigenvalue weighted by Gasteiger charge is 1.99. The summed E-state index contributed by atoms with van der Waals surface area (Å²) < 4.78 is 0. The van der Waals surface area contributed by atoms with Gasteiger partial charge in [-0.1, -0.05) is 38.1 Å². The van der Waals surface area contributed by atoms with Gasteiger partial charge in [0.05, 0.1) is 6.21 Å². The minimum atomic E-state index is 0.476. The maximum atomic E-state index is 5.27. The number of benzene rings is 2. The van der Waals surface area contributed by atoms with Crippen LogP contribution in [0.4, 0.5) is 11.4 Å². The zero-order valence-electron chi connectivity index (χ0n) is 15.1. The second kappa shape index (κ2) is 9.79. The molecule has 0 atom stereocenters. The highest BCUT2D eigenvalue weighted by atomic mass is 32.1. The van der Waals surface area contributed by atoms with E-state index in [4.69, 9.17) is 12.2 Å². The van der Waals surface area contributed by atoms with Crippen LogP contribution in [0.15, 0.2) is 53.6 Å². The first-order valence-corrected chi connectivity index (χ1v) is 9.03. The van der Waals surface area contributed by atoms with Crippen LogP contribution in [-0.2, 0) is 6.42 Å². The molecule has 0 saturated heterocycles. The fraction of sp³-hybridized carbons (Fsp3) is 0.300. The van der Waals surface area contributed by atoms with E-state index < -0.39 is 0 Å². The maximum Gasteiger partial charge on any atom is 0.191 e. The molecular weight excluding hydrogens is 328 g/mol. The summed E-state index contributed by atoms with van der Waals surface area (Å²) in [5.41, 5.74) is 7.32. The summed E-state index contributed by atoms with van der Waals surface area (Å²) in [7, 11) is 2.10. The van der Waals surface area contributed by atoms with Crippen LogP contribution in [0, 0.1) is 0 Å². The number of thiocarbonyl (C=S) groups is 1. The monoisotopic (exact) mass is 354 g/mol. The molecule has 0 radical (unpaired) electrons. The van der Waals surface area contributed by atoms with Gasteiger partial charge < -0.3 is 10.2 Å². The van der Waals surface area contributed by atoms with Gasteiger partial charge in [-0.15, -0.1) is 0 Å². The first-order valence-electron chi connectivity index (χ1n) is 8.62. The normalized spacial score (nSPS) is 10.7. The van der Waals surface area contributed by atoms with Gasteiger partial charge in [0.2, 0.25) is 0 Å². The molecule has 25 heavy (non-hydrogen) atoms.